The van der Waals surface area contributed by atoms with Crippen LogP contribution >= 0.6 is 12.2 Å². The van der Waals surface area contributed by atoms with Crippen LogP contribution in [0, 0.1) is 4.77 Å². The van der Waals surface area contributed by atoms with Crippen molar-refractivity contribution in [2.75, 3.05) is 46.9 Å². The molecule has 1 aromatic heterocycles. The highest BCUT2D eigenvalue weighted by atomic mass is 32.1. The lowest BCUT2D eigenvalue weighted by Crippen LogP contribution is -3.26. The maximum atomic E-state index is 5.88. The van der Waals surface area contributed by atoms with Gasteiger partial charge in [-0.25, -0.2) is 0 Å². The van der Waals surface area contributed by atoms with E-state index in [1.807, 2.05) is 16.8 Å². The first-order valence-electron chi connectivity index (χ1n) is 10.2. The summed E-state index contributed by atoms with van der Waals surface area (Å²) in [5.74, 6) is 1.76. The number of nitrogens with zero attached hydrogens (tertiary/aromatic N) is 3. The quantitative estimate of drug-likeness (QED) is 0.645. The third-order valence-electron chi connectivity index (χ3n) is 5.87. The second-order valence-electron chi connectivity index (χ2n) is 7.95. The summed E-state index contributed by atoms with van der Waals surface area (Å²) >= 11 is 5.85. The van der Waals surface area contributed by atoms with E-state index in [-0.39, 0.29) is 6.10 Å². The molecule has 2 aliphatic heterocycles. The van der Waals surface area contributed by atoms with Crippen molar-refractivity contribution in [1.29, 1.82) is 0 Å². The number of piperazine rings is 1. The number of benzene rings is 1. The lowest BCUT2D eigenvalue weighted by atomic mass is 10.2. The molecule has 7 nitrogen and oxygen atoms in total. The number of likely N-dealkylation sites (N-methyl/N-ethyl adjacent to an activating group) is 1. The number of quaternary nitrogens is 2. The molecule has 1 aromatic carbocycles. The van der Waals surface area contributed by atoms with Gasteiger partial charge in [0.05, 0.1) is 26.8 Å². The Morgan fingerprint density at radius 2 is 1.96 bits per heavy atom. The lowest BCUT2D eigenvalue weighted by molar-refractivity contribution is -1.02. The Hall–Kier alpha value is -1.74. The van der Waals surface area contributed by atoms with Crippen LogP contribution in [0.25, 0.3) is 11.4 Å². The van der Waals surface area contributed by atoms with Gasteiger partial charge in [0, 0.05) is 12.2 Å². The molecule has 152 valence electrons. The summed E-state index contributed by atoms with van der Waals surface area (Å²) in [7, 11) is 3.95. The molecule has 4 rings (SSSR count). The molecule has 3 heterocycles. The monoisotopic (exact) mass is 405 g/mol. The van der Waals surface area contributed by atoms with Gasteiger partial charge in [0.1, 0.15) is 31.9 Å². The van der Waals surface area contributed by atoms with Crippen molar-refractivity contribution >= 4 is 12.2 Å². The van der Waals surface area contributed by atoms with Crippen molar-refractivity contribution in [3.05, 3.63) is 29.0 Å². The lowest BCUT2D eigenvalue weighted by Gasteiger charge is -2.26. The second kappa shape index (κ2) is 8.73. The molecule has 8 heteroatoms. The zero-order chi connectivity index (χ0) is 19.5. The molecule has 2 aromatic rings. The average Bonchev–Trinajstić information content (AvgIpc) is 3.34. The van der Waals surface area contributed by atoms with Crippen molar-refractivity contribution in [3.63, 3.8) is 0 Å². The molecule has 1 atom stereocenters. The Morgan fingerprint density at radius 3 is 2.61 bits per heavy atom. The number of hydrogen-bond acceptors (Lipinski definition) is 4. The van der Waals surface area contributed by atoms with E-state index < -0.39 is 0 Å². The number of methoxy groups -OCH3 is 1. The molecule has 0 amide bonds. The molecular weight excluding hydrogens is 374 g/mol. The van der Waals surface area contributed by atoms with Crippen molar-refractivity contribution in [3.8, 4) is 17.1 Å². The minimum absolute atomic E-state index is 0.223. The first kappa shape index (κ1) is 19.6. The van der Waals surface area contributed by atoms with Crippen LogP contribution in [-0.2, 0) is 18.0 Å². The Morgan fingerprint density at radius 1 is 1.21 bits per heavy atom. The van der Waals surface area contributed by atoms with Gasteiger partial charge in [-0.3, -0.25) is 4.57 Å². The van der Waals surface area contributed by atoms with Gasteiger partial charge in [0.15, 0.2) is 12.5 Å². The molecule has 0 radical (unpaired) electrons. The predicted molar refractivity (Wildman–Crippen MR) is 109 cm³/mol. The smallest absolute Gasteiger partial charge is 0.203 e. The van der Waals surface area contributed by atoms with Crippen LogP contribution in [0.1, 0.15) is 12.8 Å². The molecule has 0 saturated carbocycles. The molecule has 2 aliphatic rings. The van der Waals surface area contributed by atoms with Gasteiger partial charge >= 0.3 is 0 Å². The van der Waals surface area contributed by atoms with Gasteiger partial charge in [0.2, 0.25) is 4.77 Å². The Labute approximate surface area is 171 Å². The van der Waals surface area contributed by atoms with Gasteiger partial charge in [-0.2, -0.15) is 4.68 Å². The fourth-order valence-corrected chi connectivity index (χ4v) is 4.32. The van der Waals surface area contributed by atoms with Crippen molar-refractivity contribution in [1.82, 2.24) is 14.3 Å². The molecule has 0 spiro atoms. The van der Waals surface area contributed by atoms with E-state index >= 15 is 0 Å². The number of rotatable bonds is 6. The summed E-state index contributed by atoms with van der Waals surface area (Å²) in [6.45, 7) is 7.15. The first-order valence-corrected chi connectivity index (χ1v) is 10.6. The zero-order valence-corrected chi connectivity index (χ0v) is 17.6. The normalized spacial score (nSPS) is 25.1. The van der Waals surface area contributed by atoms with E-state index in [1.165, 1.54) is 13.1 Å². The van der Waals surface area contributed by atoms with Crippen LogP contribution in [-0.4, -0.2) is 67.4 Å². The van der Waals surface area contributed by atoms with E-state index in [2.05, 4.69) is 23.7 Å². The largest absolute Gasteiger partial charge is 0.497 e. The van der Waals surface area contributed by atoms with Crippen LogP contribution in [0.4, 0.5) is 0 Å². The molecule has 0 aliphatic carbocycles. The fourth-order valence-electron chi connectivity index (χ4n) is 4.05. The molecular formula is C20H31N5O2S+2. The van der Waals surface area contributed by atoms with E-state index in [1.54, 1.807) is 16.9 Å². The summed E-state index contributed by atoms with van der Waals surface area (Å²) in [5, 5.41) is 4.94. The Kier molecular flexibility index (Phi) is 6.10. The van der Waals surface area contributed by atoms with Crippen molar-refractivity contribution < 1.29 is 19.3 Å². The highest BCUT2D eigenvalue weighted by molar-refractivity contribution is 7.71. The molecule has 2 fully saturated rings. The minimum atomic E-state index is 0.223. The Balaban J connectivity index is 1.63. The highest BCUT2D eigenvalue weighted by Gasteiger charge is 2.24. The van der Waals surface area contributed by atoms with Gasteiger partial charge in [0.25, 0.3) is 0 Å². The van der Waals surface area contributed by atoms with E-state index in [0.717, 1.165) is 67.7 Å². The van der Waals surface area contributed by atoms with Crippen LogP contribution in [0.15, 0.2) is 24.3 Å². The van der Waals surface area contributed by atoms with Crippen molar-refractivity contribution in [2.24, 2.45) is 0 Å². The van der Waals surface area contributed by atoms with Gasteiger partial charge in [-0.1, -0.05) is 0 Å². The van der Waals surface area contributed by atoms with Crippen LogP contribution in [0.2, 0.25) is 0 Å². The van der Waals surface area contributed by atoms with Crippen LogP contribution in [0.3, 0.4) is 0 Å². The molecule has 0 unspecified atom stereocenters. The predicted octanol–water partition coefficient (Wildman–Crippen LogP) is -0.361. The van der Waals surface area contributed by atoms with Crippen LogP contribution in [0.5, 0.6) is 5.75 Å². The summed E-state index contributed by atoms with van der Waals surface area (Å²) in [6.07, 6.45) is 2.43. The Bertz CT molecular complexity index is 833. The van der Waals surface area contributed by atoms with Gasteiger partial charge < -0.3 is 19.3 Å². The van der Waals surface area contributed by atoms with Gasteiger partial charge in [-0.15, -0.1) is 5.10 Å². The van der Waals surface area contributed by atoms with Crippen molar-refractivity contribution in [2.45, 2.75) is 32.2 Å². The summed E-state index contributed by atoms with van der Waals surface area (Å²) in [4.78, 5) is 3.15. The van der Waals surface area contributed by atoms with E-state index in [9.17, 15) is 0 Å². The average molecular weight is 406 g/mol. The number of nitrogens with one attached hydrogen (secondary N) is 2. The number of ether oxygens (including phenoxy) is 2. The molecule has 28 heavy (non-hydrogen) atoms. The van der Waals surface area contributed by atoms with E-state index in [0.29, 0.717) is 0 Å². The SMILES string of the molecule is COc1ccc(-c2nn(C[NH+]3CC[NH+](C)CC3)c(=S)n2C[C@H]2CCCO2)cc1. The zero-order valence-electron chi connectivity index (χ0n) is 16.8. The fraction of sp³-hybridized carbons (Fsp3) is 0.600. The molecule has 2 saturated heterocycles. The number of hydrogen-bond donors (Lipinski definition) is 2. The second-order valence-corrected chi connectivity index (χ2v) is 8.31. The topological polar surface area (TPSA) is 50.1 Å². The third-order valence-corrected chi connectivity index (χ3v) is 6.30. The maximum Gasteiger partial charge on any atom is 0.203 e. The number of aromatic nitrogens is 3. The summed E-state index contributed by atoms with van der Waals surface area (Å²) in [5.41, 5.74) is 1.06. The summed E-state index contributed by atoms with van der Waals surface area (Å²) in [6, 6.07) is 8.06. The minimum Gasteiger partial charge on any atom is -0.497 e. The molecule has 2 N–H and O–H groups in total. The van der Waals surface area contributed by atoms with Crippen LogP contribution < -0.4 is 14.5 Å². The van der Waals surface area contributed by atoms with Gasteiger partial charge in [-0.05, 0) is 49.3 Å². The molecule has 0 bridgehead atoms. The summed E-state index contributed by atoms with van der Waals surface area (Å²) < 4.78 is 16.1. The van der Waals surface area contributed by atoms with E-state index in [4.69, 9.17) is 26.8 Å². The first-order chi connectivity index (χ1) is 13.6. The maximum absolute atomic E-state index is 5.88. The standard InChI is InChI=1S/C20H29N5O2S/c1-22-9-11-23(12-10-22)15-25-20(28)24(14-18-4-3-13-27-18)19(21-25)16-5-7-17(26-2)8-6-16/h5-8,18H,3-4,9-15H2,1-2H3/p+2/t18-/m1/s1. The highest BCUT2D eigenvalue weighted by Crippen LogP contribution is 2.23. The third kappa shape index (κ3) is 4.30.